The minimum Gasteiger partial charge on any atom is -0.481 e. The second kappa shape index (κ2) is 15.8. The number of carboxylic acid groups (broad SMARTS) is 2. The molecule has 0 aliphatic carbocycles. The van der Waals surface area contributed by atoms with Crippen LogP contribution in [-0.2, 0) is 30.4 Å². The van der Waals surface area contributed by atoms with Crippen LogP contribution < -0.4 is 21.7 Å². The van der Waals surface area contributed by atoms with Gasteiger partial charge in [0.1, 0.15) is 18.1 Å². The molecule has 1 rings (SSSR count). The molecule has 0 fully saturated rings. The predicted octanol–water partition coefficient (Wildman–Crippen LogP) is 0.369. The van der Waals surface area contributed by atoms with Gasteiger partial charge >= 0.3 is 11.9 Å². The molecule has 0 heterocycles. The molecule has 4 unspecified atom stereocenters. The highest BCUT2D eigenvalue weighted by Crippen LogP contribution is 2.08. The largest absolute Gasteiger partial charge is 0.481 e. The summed E-state index contributed by atoms with van der Waals surface area (Å²) in [5.74, 6) is -4.06. The van der Waals surface area contributed by atoms with E-state index in [1.807, 2.05) is 6.26 Å². The number of hydrogen-bond acceptors (Lipinski definition) is 7. The van der Waals surface area contributed by atoms with E-state index >= 15 is 0 Å². The van der Waals surface area contributed by atoms with Gasteiger partial charge in [0.15, 0.2) is 0 Å². The lowest BCUT2D eigenvalue weighted by Crippen LogP contribution is -2.58. The first-order chi connectivity index (χ1) is 17.0. The molecule has 36 heavy (non-hydrogen) atoms. The average molecular weight is 525 g/mol. The van der Waals surface area contributed by atoms with Crippen LogP contribution in [0.15, 0.2) is 30.3 Å². The van der Waals surface area contributed by atoms with Crippen molar-refractivity contribution in [2.75, 3.05) is 12.0 Å². The van der Waals surface area contributed by atoms with Crippen molar-refractivity contribution < 1.29 is 34.2 Å². The van der Waals surface area contributed by atoms with Gasteiger partial charge < -0.3 is 31.9 Å². The number of carbonyl (C=O) groups excluding carboxylic acids is 3. The molecule has 11 nitrogen and oxygen atoms in total. The summed E-state index contributed by atoms with van der Waals surface area (Å²) in [4.78, 5) is 61.1. The maximum atomic E-state index is 13.2. The molecule has 0 spiro atoms. The third kappa shape index (κ3) is 11.1. The van der Waals surface area contributed by atoms with Crippen molar-refractivity contribution in [3.8, 4) is 0 Å². The number of nitrogens with two attached hydrogens (primary N) is 1. The van der Waals surface area contributed by atoms with Crippen LogP contribution in [0.25, 0.3) is 0 Å². The summed E-state index contributed by atoms with van der Waals surface area (Å²) in [6.45, 7) is 3.56. The van der Waals surface area contributed by atoms with E-state index in [-0.39, 0.29) is 18.8 Å². The Hall–Kier alpha value is -3.12. The normalized spacial score (nSPS) is 14.2. The molecule has 12 heteroatoms. The van der Waals surface area contributed by atoms with Gasteiger partial charge in [0.25, 0.3) is 0 Å². The van der Waals surface area contributed by atoms with Crippen LogP contribution >= 0.6 is 11.8 Å². The Morgan fingerprint density at radius 1 is 0.861 bits per heavy atom. The molecule has 7 N–H and O–H groups in total. The highest BCUT2D eigenvalue weighted by Gasteiger charge is 2.31. The fourth-order valence-electron chi connectivity index (χ4n) is 3.20. The highest BCUT2D eigenvalue weighted by atomic mass is 32.2. The molecule has 200 valence electrons. The predicted molar refractivity (Wildman–Crippen MR) is 136 cm³/mol. The summed E-state index contributed by atoms with van der Waals surface area (Å²) in [7, 11) is 0. The molecule has 0 saturated carbocycles. The summed E-state index contributed by atoms with van der Waals surface area (Å²) in [6.07, 6.45) is 1.43. The zero-order valence-corrected chi connectivity index (χ0v) is 21.5. The van der Waals surface area contributed by atoms with Gasteiger partial charge in [0.05, 0.1) is 6.04 Å². The topological polar surface area (TPSA) is 188 Å². The Labute approximate surface area is 215 Å². The zero-order chi connectivity index (χ0) is 27.3. The van der Waals surface area contributed by atoms with Crippen LogP contribution in [-0.4, -0.2) is 76.0 Å². The van der Waals surface area contributed by atoms with Crippen molar-refractivity contribution >= 4 is 41.4 Å². The van der Waals surface area contributed by atoms with Crippen molar-refractivity contribution in [3.63, 3.8) is 0 Å². The number of carboxylic acids is 2. The number of aliphatic carboxylic acids is 2. The van der Waals surface area contributed by atoms with Crippen LogP contribution in [0, 0.1) is 5.92 Å². The summed E-state index contributed by atoms with van der Waals surface area (Å²) in [5.41, 5.74) is 6.62. The standard InChI is InChI=1S/C24H36N4O7S/c1-14(2)20(25)23(33)26-16(11-12-36-3)21(31)28-18(13-15-7-5-4-6-8-15)22(32)27-17(24(34)35)9-10-19(29)30/h4-8,14,16-18,20H,9-13,25H2,1-3H3,(H,26,33)(H,27,32)(H,28,31)(H,29,30)(H,34,35). The SMILES string of the molecule is CSCCC(NC(=O)C(N)C(C)C)C(=O)NC(Cc1ccccc1)C(=O)NC(CCC(=O)O)C(=O)O. The van der Waals surface area contributed by atoms with E-state index in [1.54, 1.807) is 44.2 Å². The van der Waals surface area contributed by atoms with Gasteiger partial charge in [0.2, 0.25) is 17.7 Å². The van der Waals surface area contributed by atoms with Crippen molar-refractivity contribution in [1.82, 2.24) is 16.0 Å². The minimum absolute atomic E-state index is 0.0540. The summed E-state index contributed by atoms with van der Waals surface area (Å²) in [6, 6.07) is 4.42. The van der Waals surface area contributed by atoms with Crippen LogP contribution in [0.2, 0.25) is 0 Å². The van der Waals surface area contributed by atoms with Crippen LogP contribution in [0.5, 0.6) is 0 Å². The van der Waals surface area contributed by atoms with E-state index in [0.29, 0.717) is 17.7 Å². The molecule has 1 aromatic carbocycles. The number of hydrogen-bond donors (Lipinski definition) is 6. The Bertz CT molecular complexity index is 898. The van der Waals surface area contributed by atoms with Gasteiger partial charge in [-0.05, 0) is 36.3 Å². The fraction of sp³-hybridized carbons (Fsp3) is 0.542. The maximum absolute atomic E-state index is 13.2. The second-order valence-electron chi connectivity index (χ2n) is 8.70. The number of nitrogens with one attached hydrogen (secondary N) is 3. The summed E-state index contributed by atoms with van der Waals surface area (Å²) < 4.78 is 0. The smallest absolute Gasteiger partial charge is 0.326 e. The number of amides is 3. The third-order valence-electron chi connectivity index (χ3n) is 5.44. The third-order valence-corrected chi connectivity index (χ3v) is 6.09. The first kappa shape index (κ1) is 30.9. The lowest BCUT2D eigenvalue weighted by Gasteiger charge is -2.26. The number of carbonyl (C=O) groups is 5. The molecule has 1 aromatic rings. The number of benzene rings is 1. The van der Waals surface area contributed by atoms with Gasteiger partial charge in [0, 0.05) is 12.8 Å². The number of thioether (sulfide) groups is 1. The Balaban J connectivity index is 3.10. The minimum atomic E-state index is -1.44. The highest BCUT2D eigenvalue weighted by molar-refractivity contribution is 7.98. The first-order valence-electron chi connectivity index (χ1n) is 11.6. The maximum Gasteiger partial charge on any atom is 0.326 e. The van der Waals surface area contributed by atoms with Crippen LogP contribution in [0.3, 0.4) is 0 Å². The molecule has 0 bridgehead atoms. The fourth-order valence-corrected chi connectivity index (χ4v) is 3.68. The summed E-state index contributed by atoms with van der Waals surface area (Å²) >= 11 is 1.48. The van der Waals surface area contributed by atoms with E-state index in [9.17, 15) is 29.1 Å². The molecule has 3 amide bonds. The molecule has 0 aliphatic heterocycles. The summed E-state index contributed by atoms with van der Waals surface area (Å²) in [5, 5.41) is 25.9. The lowest BCUT2D eigenvalue weighted by molar-refractivity contribution is -0.143. The van der Waals surface area contributed by atoms with Gasteiger partial charge in [-0.2, -0.15) is 11.8 Å². The Morgan fingerprint density at radius 3 is 1.94 bits per heavy atom. The molecular weight excluding hydrogens is 488 g/mol. The second-order valence-corrected chi connectivity index (χ2v) is 9.68. The first-order valence-corrected chi connectivity index (χ1v) is 13.0. The zero-order valence-electron chi connectivity index (χ0n) is 20.7. The van der Waals surface area contributed by atoms with Gasteiger partial charge in [-0.15, -0.1) is 0 Å². The van der Waals surface area contributed by atoms with Crippen molar-refractivity contribution in [3.05, 3.63) is 35.9 Å². The average Bonchev–Trinajstić information content (AvgIpc) is 2.83. The molecular formula is C24H36N4O7S. The Kier molecular flexibility index (Phi) is 13.6. The van der Waals surface area contributed by atoms with Crippen molar-refractivity contribution in [2.45, 2.75) is 63.7 Å². The molecule has 0 saturated heterocycles. The van der Waals surface area contributed by atoms with Crippen molar-refractivity contribution in [1.29, 1.82) is 0 Å². The van der Waals surface area contributed by atoms with Crippen molar-refractivity contribution in [2.24, 2.45) is 11.7 Å². The molecule has 0 aliphatic rings. The van der Waals surface area contributed by atoms with Crippen LogP contribution in [0.4, 0.5) is 0 Å². The molecule has 0 radical (unpaired) electrons. The van der Waals surface area contributed by atoms with E-state index < -0.39 is 60.2 Å². The van der Waals surface area contributed by atoms with Gasteiger partial charge in [-0.1, -0.05) is 44.2 Å². The Morgan fingerprint density at radius 2 is 1.42 bits per heavy atom. The lowest BCUT2D eigenvalue weighted by atomic mass is 10.0. The van der Waals surface area contributed by atoms with Crippen LogP contribution in [0.1, 0.15) is 38.7 Å². The van der Waals surface area contributed by atoms with E-state index in [1.165, 1.54) is 11.8 Å². The number of rotatable bonds is 16. The van der Waals surface area contributed by atoms with Gasteiger partial charge in [-0.3, -0.25) is 19.2 Å². The monoisotopic (exact) mass is 524 g/mol. The van der Waals surface area contributed by atoms with Gasteiger partial charge in [-0.25, -0.2) is 4.79 Å². The van der Waals surface area contributed by atoms with E-state index in [2.05, 4.69) is 16.0 Å². The molecule has 0 aromatic heterocycles. The molecule has 4 atom stereocenters. The quantitative estimate of drug-likeness (QED) is 0.177. The van der Waals surface area contributed by atoms with E-state index in [0.717, 1.165) is 0 Å². The van der Waals surface area contributed by atoms with E-state index in [4.69, 9.17) is 10.8 Å².